The molecule has 106 valence electrons. The van der Waals surface area contributed by atoms with E-state index in [0.717, 1.165) is 40.2 Å². The molecule has 0 saturated carbocycles. The Morgan fingerprint density at radius 2 is 2.00 bits per heavy atom. The Hall–Kier alpha value is -1.62. The molecule has 0 unspecified atom stereocenters. The van der Waals surface area contributed by atoms with Crippen molar-refractivity contribution in [2.75, 3.05) is 17.2 Å². The van der Waals surface area contributed by atoms with Crippen LogP contribution in [0.3, 0.4) is 0 Å². The van der Waals surface area contributed by atoms with Gasteiger partial charge in [0.15, 0.2) is 0 Å². The molecule has 0 aliphatic carbocycles. The van der Waals surface area contributed by atoms with Gasteiger partial charge in [-0.2, -0.15) is 4.98 Å². The molecule has 1 aromatic carbocycles. The Bertz CT molecular complexity index is 598. The van der Waals surface area contributed by atoms with E-state index in [4.69, 9.17) is 0 Å². The van der Waals surface area contributed by atoms with Gasteiger partial charge in [0.25, 0.3) is 0 Å². The van der Waals surface area contributed by atoms with E-state index in [1.54, 1.807) is 0 Å². The first-order valence-electron chi connectivity index (χ1n) is 6.72. The second kappa shape index (κ2) is 6.70. The average molecular weight is 335 g/mol. The van der Waals surface area contributed by atoms with Gasteiger partial charge in [-0.25, -0.2) is 4.98 Å². The minimum Gasteiger partial charge on any atom is -0.354 e. The number of halogens is 1. The third kappa shape index (κ3) is 3.70. The Balaban J connectivity index is 2.24. The quantitative estimate of drug-likeness (QED) is 0.849. The zero-order chi connectivity index (χ0) is 14.5. The standard InChI is InChI=1S/C15H19BrN4/c1-4-8-17-15-18-10(2)9-14(20-15)19-13-7-5-6-12(16)11(13)3/h5-7,9H,4,8H2,1-3H3,(H2,17,18,19,20). The summed E-state index contributed by atoms with van der Waals surface area (Å²) in [5, 5.41) is 6.57. The van der Waals surface area contributed by atoms with Crippen LogP contribution in [0.1, 0.15) is 24.6 Å². The van der Waals surface area contributed by atoms with Crippen molar-refractivity contribution < 1.29 is 0 Å². The molecule has 0 aliphatic heterocycles. The fourth-order valence-electron chi connectivity index (χ4n) is 1.83. The van der Waals surface area contributed by atoms with E-state index < -0.39 is 0 Å². The minimum atomic E-state index is 0.669. The van der Waals surface area contributed by atoms with E-state index in [1.165, 1.54) is 0 Å². The number of aromatic nitrogens is 2. The first-order chi connectivity index (χ1) is 9.60. The van der Waals surface area contributed by atoms with Gasteiger partial charge in [0.2, 0.25) is 5.95 Å². The van der Waals surface area contributed by atoms with Crippen LogP contribution in [0, 0.1) is 13.8 Å². The van der Waals surface area contributed by atoms with Crippen molar-refractivity contribution in [1.29, 1.82) is 0 Å². The number of benzene rings is 1. The summed E-state index contributed by atoms with van der Waals surface area (Å²) in [6, 6.07) is 8.01. The third-order valence-electron chi connectivity index (χ3n) is 2.92. The summed E-state index contributed by atoms with van der Waals surface area (Å²) in [6.07, 6.45) is 1.05. The summed E-state index contributed by atoms with van der Waals surface area (Å²) in [7, 11) is 0. The van der Waals surface area contributed by atoms with Crippen molar-refractivity contribution in [3.8, 4) is 0 Å². The number of nitrogens with one attached hydrogen (secondary N) is 2. The van der Waals surface area contributed by atoms with Crippen LogP contribution < -0.4 is 10.6 Å². The summed E-state index contributed by atoms with van der Waals surface area (Å²) in [5.41, 5.74) is 3.14. The normalized spacial score (nSPS) is 10.4. The molecular weight excluding hydrogens is 316 g/mol. The van der Waals surface area contributed by atoms with Gasteiger partial charge in [0.05, 0.1) is 0 Å². The molecule has 5 heteroatoms. The number of rotatable bonds is 5. The highest BCUT2D eigenvalue weighted by atomic mass is 79.9. The number of hydrogen-bond donors (Lipinski definition) is 2. The zero-order valence-corrected chi connectivity index (χ0v) is 13.6. The van der Waals surface area contributed by atoms with Gasteiger partial charge in [-0.05, 0) is 38.0 Å². The van der Waals surface area contributed by atoms with Crippen LogP contribution >= 0.6 is 15.9 Å². The lowest BCUT2D eigenvalue weighted by Gasteiger charge is -2.12. The lowest BCUT2D eigenvalue weighted by molar-refractivity contribution is 0.947. The fourth-order valence-corrected chi connectivity index (χ4v) is 2.20. The number of hydrogen-bond acceptors (Lipinski definition) is 4. The van der Waals surface area contributed by atoms with Crippen LogP contribution in [0.25, 0.3) is 0 Å². The summed E-state index contributed by atoms with van der Waals surface area (Å²) in [4.78, 5) is 8.87. The second-order valence-corrected chi connectivity index (χ2v) is 5.54. The molecule has 0 bridgehead atoms. The van der Waals surface area contributed by atoms with Crippen LogP contribution in [-0.4, -0.2) is 16.5 Å². The SMILES string of the molecule is CCCNc1nc(C)cc(Nc2cccc(Br)c2C)n1. The summed E-state index contributed by atoms with van der Waals surface area (Å²) in [5.74, 6) is 1.47. The predicted octanol–water partition coefficient (Wildman–Crippen LogP) is 4.42. The molecule has 0 fully saturated rings. The van der Waals surface area contributed by atoms with Crippen molar-refractivity contribution in [1.82, 2.24) is 9.97 Å². The molecule has 1 aromatic heterocycles. The maximum atomic E-state index is 4.49. The van der Waals surface area contributed by atoms with E-state index in [-0.39, 0.29) is 0 Å². The number of aryl methyl sites for hydroxylation is 1. The molecule has 4 nitrogen and oxygen atoms in total. The lowest BCUT2D eigenvalue weighted by Crippen LogP contribution is -2.07. The molecule has 0 aliphatic rings. The molecule has 2 N–H and O–H groups in total. The van der Waals surface area contributed by atoms with Crippen molar-refractivity contribution in [2.24, 2.45) is 0 Å². The molecule has 2 aromatic rings. The van der Waals surface area contributed by atoms with Crippen molar-refractivity contribution in [2.45, 2.75) is 27.2 Å². The third-order valence-corrected chi connectivity index (χ3v) is 3.78. The van der Waals surface area contributed by atoms with Gasteiger partial charge in [0.1, 0.15) is 5.82 Å². The highest BCUT2D eigenvalue weighted by Gasteiger charge is 2.05. The maximum Gasteiger partial charge on any atom is 0.224 e. The minimum absolute atomic E-state index is 0.669. The molecule has 0 atom stereocenters. The topological polar surface area (TPSA) is 49.8 Å². The Morgan fingerprint density at radius 3 is 2.75 bits per heavy atom. The number of anilines is 3. The molecule has 0 radical (unpaired) electrons. The van der Waals surface area contributed by atoms with Crippen LogP contribution in [0.2, 0.25) is 0 Å². The van der Waals surface area contributed by atoms with E-state index in [9.17, 15) is 0 Å². The van der Waals surface area contributed by atoms with Gasteiger partial charge in [-0.1, -0.05) is 28.9 Å². The largest absolute Gasteiger partial charge is 0.354 e. The van der Waals surface area contributed by atoms with Gasteiger partial charge in [-0.3, -0.25) is 0 Å². The van der Waals surface area contributed by atoms with E-state index in [1.807, 2.05) is 31.2 Å². The second-order valence-electron chi connectivity index (χ2n) is 4.68. The average Bonchev–Trinajstić information content (AvgIpc) is 2.41. The van der Waals surface area contributed by atoms with Crippen LogP contribution in [0.15, 0.2) is 28.7 Å². The maximum absolute atomic E-state index is 4.49. The van der Waals surface area contributed by atoms with Crippen molar-refractivity contribution in [3.63, 3.8) is 0 Å². The van der Waals surface area contributed by atoms with Crippen LogP contribution in [-0.2, 0) is 0 Å². The highest BCUT2D eigenvalue weighted by molar-refractivity contribution is 9.10. The first-order valence-corrected chi connectivity index (χ1v) is 7.51. The zero-order valence-electron chi connectivity index (χ0n) is 12.0. The number of nitrogens with zero attached hydrogens (tertiary/aromatic N) is 2. The molecule has 0 saturated heterocycles. The van der Waals surface area contributed by atoms with E-state index >= 15 is 0 Å². The van der Waals surface area contributed by atoms with Crippen molar-refractivity contribution >= 4 is 33.4 Å². The first kappa shape index (κ1) is 14.8. The van der Waals surface area contributed by atoms with Gasteiger partial charge < -0.3 is 10.6 Å². The van der Waals surface area contributed by atoms with E-state index in [0.29, 0.717) is 5.95 Å². The van der Waals surface area contributed by atoms with E-state index in [2.05, 4.69) is 50.4 Å². The summed E-state index contributed by atoms with van der Waals surface area (Å²) >= 11 is 3.54. The van der Waals surface area contributed by atoms with Crippen LogP contribution in [0.5, 0.6) is 0 Å². The Morgan fingerprint density at radius 1 is 1.20 bits per heavy atom. The Labute approximate surface area is 128 Å². The van der Waals surface area contributed by atoms with Gasteiger partial charge in [0, 0.05) is 28.5 Å². The summed E-state index contributed by atoms with van der Waals surface area (Å²) in [6.45, 7) is 7.03. The highest BCUT2D eigenvalue weighted by Crippen LogP contribution is 2.26. The molecule has 2 rings (SSSR count). The molecular formula is C15H19BrN4. The summed E-state index contributed by atoms with van der Waals surface area (Å²) < 4.78 is 1.08. The molecule has 0 spiro atoms. The lowest BCUT2D eigenvalue weighted by atomic mass is 10.2. The Kier molecular flexibility index (Phi) is 4.95. The molecule has 20 heavy (non-hydrogen) atoms. The smallest absolute Gasteiger partial charge is 0.224 e. The predicted molar refractivity (Wildman–Crippen MR) is 87.7 cm³/mol. The van der Waals surface area contributed by atoms with Gasteiger partial charge in [-0.15, -0.1) is 0 Å². The van der Waals surface area contributed by atoms with Crippen LogP contribution in [0.4, 0.5) is 17.5 Å². The van der Waals surface area contributed by atoms with Crippen molar-refractivity contribution in [3.05, 3.63) is 40.0 Å². The molecule has 1 heterocycles. The molecule has 0 amide bonds. The van der Waals surface area contributed by atoms with Gasteiger partial charge >= 0.3 is 0 Å². The fraction of sp³-hybridized carbons (Fsp3) is 0.333. The monoisotopic (exact) mass is 334 g/mol.